The number of benzene rings is 1. The van der Waals surface area contributed by atoms with Crippen molar-refractivity contribution in [3.05, 3.63) is 46.3 Å². The maximum atomic E-state index is 13.3. The molecule has 1 aromatic heterocycles. The van der Waals surface area contributed by atoms with Gasteiger partial charge in [-0.15, -0.1) is 0 Å². The summed E-state index contributed by atoms with van der Waals surface area (Å²) in [5, 5.41) is 9.21. The number of likely N-dealkylation sites (N-methyl/N-ethyl adjacent to an activating group) is 1. The van der Waals surface area contributed by atoms with Crippen molar-refractivity contribution in [2.24, 2.45) is 0 Å². The lowest BCUT2D eigenvalue weighted by molar-refractivity contribution is -0.116. The van der Waals surface area contributed by atoms with Gasteiger partial charge in [0.25, 0.3) is 11.8 Å². The van der Waals surface area contributed by atoms with Crippen molar-refractivity contribution in [2.45, 2.75) is 32.7 Å². The molecular formula is C28H36N6O4. The van der Waals surface area contributed by atoms with Crippen LogP contribution in [-0.4, -0.2) is 91.5 Å². The number of nitrogens with one attached hydrogen (secondary N) is 4. The van der Waals surface area contributed by atoms with E-state index in [0.29, 0.717) is 67.2 Å². The second-order valence-corrected chi connectivity index (χ2v) is 10.3. The monoisotopic (exact) mass is 520 g/mol. The van der Waals surface area contributed by atoms with Crippen molar-refractivity contribution in [1.82, 2.24) is 20.1 Å². The zero-order chi connectivity index (χ0) is 26.8. The van der Waals surface area contributed by atoms with E-state index in [1.54, 1.807) is 18.2 Å². The number of rotatable bonds is 6. The van der Waals surface area contributed by atoms with Gasteiger partial charge in [0.1, 0.15) is 0 Å². The molecule has 2 saturated heterocycles. The van der Waals surface area contributed by atoms with Crippen LogP contribution in [0.3, 0.4) is 0 Å². The van der Waals surface area contributed by atoms with Crippen molar-refractivity contribution < 1.29 is 19.1 Å². The molecule has 3 aliphatic rings. The van der Waals surface area contributed by atoms with E-state index in [1.165, 1.54) is 0 Å². The largest absolute Gasteiger partial charge is 0.379 e. The summed E-state index contributed by atoms with van der Waals surface area (Å²) in [5.41, 5.74) is 5.54. The van der Waals surface area contributed by atoms with Crippen LogP contribution < -0.4 is 16.0 Å². The molecule has 3 aliphatic heterocycles. The van der Waals surface area contributed by atoms with Gasteiger partial charge >= 0.3 is 0 Å². The van der Waals surface area contributed by atoms with Crippen LogP contribution in [0.25, 0.3) is 11.6 Å². The summed E-state index contributed by atoms with van der Waals surface area (Å²) in [5.74, 6) is -0.279. The van der Waals surface area contributed by atoms with Crippen LogP contribution in [0.5, 0.6) is 0 Å². The second kappa shape index (κ2) is 11.1. The van der Waals surface area contributed by atoms with Gasteiger partial charge in [0.05, 0.1) is 24.4 Å². The first kappa shape index (κ1) is 26.1. The smallest absolute Gasteiger partial charge is 0.256 e. The highest BCUT2D eigenvalue weighted by Crippen LogP contribution is 2.36. The third kappa shape index (κ3) is 5.52. The van der Waals surface area contributed by atoms with E-state index >= 15 is 0 Å². The molecule has 0 spiro atoms. The second-order valence-electron chi connectivity index (χ2n) is 10.3. The molecule has 0 radical (unpaired) electrons. The van der Waals surface area contributed by atoms with Gasteiger partial charge in [-0.05, 0) is 57.2 Å². The summed E-state index contributed by atoms with van der Waals surface area (Å²) >= 11 is 0. The lowest BCUT2D eigenvalue weighted by atomic mass is 10.0. The Labute approximate surface area is 222 Å². The number of hydrogen-bond acceptors (Lipinski definition) is 6. The highest BCUT2D eigenvalue weighted by Gasteiger charge is 2.28. The highest BCUT2D eigenvalue weighted by molar-refractivity contribution is 6.35. The normalized spacial score (nSPS) is 20.9. The first-order valence-electron chi connectivity index (χ1n) is 13.3. The molecule has 202 valence electrons. The Hall–Kier alpha value is -3.47. The van der Waals surface area contributed by atoms with Gasteiger partial charge in [-0.3, -0.25) is 14.4 Å². The lowest BCUT2D eigenvalue weighted by Gasteiger charge is -2.32. The Balaban J connectivity index is 1.32. The molecule has 2 fully saturated rings. The maximum absolute atomic E-state index is 13.3. The fourth-order valence-electron chi connectivity index (χ4n) is 5.29. The fourth-order valence-corrected chi connectivity index (χ4v) is 5.29. The molecule has 10 heteroatoms. The summed E-state index contributed by atoms with van der Waals surface area (Å²) in [4.78, 5) is 46.2. The van der Waals surface area contributed by atoms with E-state index in [1.807, 2.05) is 24.8 Å². The SMILES string of the molecule is Cc1[nH]c(C=C2C(=O)Nc3ccc(NC(=O)CCC4COCCN4)cc32)c(C)c1C(=O)N1CCN(C)CC1. The quantitative estimate of drug-likeness (QED) is 0.434. The summed E-state index contributed by atoms with van der Waals surface area (Å²) in [7, 11) is 2.06. The number of amides is 3. The van der Waals surface area contributed by atoms with Crippen LogP contribution in [0.2, 0.25) is 0 Å². The summed E-state index contributed by atoms with van der Waals surface area (Å²) < 4.78 is 5.45. The third-order valence-corrected chi connectivity index (χ3v) is 7.57. The number of aromatic nitrogens is 1. The van der Waals surface area contributed by atoms with Crippen molar-refractivity contribution >= 4 is 40.7 Å². The van der Waals surface area contributed by atoms with Gasteiger partial charge in [0, 0.05) is 73.5 Å². The average Bonchev–Trinajstić information content (AvgIpc) is 3.37. The molecule has 3 amide bonds. The molecular weight excluding hydrogens is 484 g/mol. The molecule has 1 atom stereocenters. The number of carbonyl (C=O) groups is 3. The number of aryl methyl sites for hydroxylation is 1. The van der Waals surface area contributed by atoms with Crippen LogP contribution >= 0.6 is 0 Å². The number of hydrogen-bond donors (Lipinski definition) is 4. The number of carbonyl (C=O) groups excluding carboxylic acids is 3. The standard InChI is InChI=1S/C28H36N6O4/c1-17-24(30-18(2)26(17)28(37)34-11-9-33(3)10-12-34)15-22-21-14-19(4-6-23(21)32-27(22)36)31-25(35)7-5-20-16-38-13-8-29-20/h4,6,14-15,20,29-30H,5,7-13,16H2,1-3H3,(H,31,35)(H,32,36). The Morgan fingerprint density at radius 3 is 2.71 bits per heavy atom. The molecule has 0 saturated carbocycles. The Morgan fingerprint density at radius 2 is 1.97 bits per heavy atom. The zero-order valence-corrected chi connectivity index (χ0v) is 22.3. The summed E-state index contributed by atoms with van der Waals surface area (Å²) in [6, 6.07) is 5.60. The van der Waals surface area contributed by atoms with Crippen molar-refractivity contribution in [3.8, 4) is 0 Å². The zero-order valence-electron chi connectivity index (χ0n) is 22.3. The Kier molecular flexibility index (Phi) is 7.64. The summed E-state index contributed by atoms with van der Waals surface area (Å²) in [6.45, 7) is 9.04. The van der Waals surface area contributed by atoms with E-state index in [0.717, 1.165) is 36.6 Å². The predicted octanol–water partition coefficient (Wildman–Crippen LogP) is 2.22. The van der Waals surface area contributed by atoms with E-state index in [-0.39, 0.29) is 23.8 Å². The van der Waals surface area contributed by atoms with Crippen molar-refractivity contribution in [2.75, 3.05) is 63.6 Å². The van der Waals surface area contributed by atoms with Gasteiger partial charge in [0.15, 0.2) is 0 Å². The van der Waals surface area contributed by atoms with Gasteiger partial charge in [-0.2, -0.15) is 0 Å². The van der Waals surface area contributed by atoms with Crippen molar-refractivity contribution in [1.29, 1.82) is 0 Å². The van der Waals surface area contributed by atoms with Crippen LogP contribution in [0.1, 0.15) is 45.7 Å². The minimum Gasteiger partial charge on any atom is -0.379 e. The van der Waals surface area contributed by atoms with E-state index < -0.39 is 0 Å². The predicted molar refractivity (Wildman–Crippen MR) is 147 cm³/mol. The number of ether oxygens (including phenoxy) is 1. The molecule has 4 heterocycles. The highest BCUT2D eigenvalue weighted by atomic mass is 16.5. The van der Waals surface area contributed by atoms with Gasteiger partial charge in [-0.25, -0.2) is 0 Å². The third-order valence-electron chi connectivity index (χ3n) is 7.57. The molecule has 10 nitrogen and oxygen atoms in total. The fraction of sp³-hybridized carbons (Fsp3) is 0.464. The van der Waals surface area contributed by atoms with Crippen LogP contribution in [0.15, 0.2) is 18.2 Å². The number of morpholine rings is 1. The van der Waals surface area contributed by atoms with Gasteiger partial charge < -0.3 is 35.5 Å². The van der Waals surface area contributed by atoms with E-state index in [4.69, 9.17) is 4.74 Å². The average molecular weight is 521 g/mol. The van der Waals surface area contributed by atoms with Gasteiger partial charge in [0.2, 0.25) is 5.91 Å². The summed E-state index contributed by atoms with van der Waals surface area (Å²) in [6.07, 6.45) is 2.87. The first-order chi connectivity index (χ1) is 18.3. The van der Waals surface area contributed by atoms with Gasteiger partial charge in [-0.1, -0.05) is 0 Å². The molecule has 2 aromatic rings. The molecule has 1 aromatic carbocycles. The molecule has 0 aliphatic carbocycles. The number of piperazine rings is 1. The number of H-pyrrole nitrogens is 1. The van der Waals surface area contributed by atoms with E-state index in [2.05, 4.69) is 32.9 Å². The van der Waals surface area contributed by atoms with E-state index in [9.17, 15) is 14.4 Å². The number of anilines is 2. The molecule has 4 N–H and O–H groups in total. The van der Waals surface area contributed by atoms with Crippen LogP contribution in [-0.2, 0) is 14.3 Å². The lowest BCUT2D eigenvalue weighted by Crippen LogP contribution is -2.47. The van der Waals surface area contributed by atoms with Crippen LogP contribution in [0, 0.1) is 13.8 Å². The van der Waals surface area contributed by atoms with Crippen LogP contribution in [0.4, 0.5) is 11.4 Å². The minimum atomic E-state index is -0.217. The number of aromatic amines is 1. The maximum Gasteiger partial charge on any atom is 0.256 e. The topological polar surface area (TPSA) is 119 Å². The first-order valence-corrected chi connectivity index (χ1v) is 13.3. The molecule has 1 unspecified atom stereocenters. The Bertz CT molecular complexity index is 1270. The molecule has 38 heavy (non-hydrogen) atoms. The Morgan fingerprint density at radius 1 is 1.18 bits per heavy atom. The molecule has 0 bridgehead atoms. The minimum absolute atomic E-state index is 0.0188. The van der Waals surface area contributed by atoms with Crippen molar-refractivity contribution in [3.63, 3.8) is 0 Å². The number of fused-ring (bicyclic) bond motifs is 1. The molecule has 5 rings (SSSR count). The number of nitrogens with zero attached hydrogens (tertiary/aromatic N) is 2.